The standard InChI is InChI=1S/C14H11BrClFO2/c1-8(18)9-5-6-12(10(15)7-9)19-13-4-2-3-11(16)14(13)17/h2-8,18H,1H3/t8-/m1/s1. The van der Waals surface area contributed by atoms with Crippen molar-refractivity contribution in [2.24, 2.45) is 0 Å². The highest BCUT2D eigenvalue weighted by molar-refractivity contribution is 9.10. The van der Waals surface area contributed by atoms with Crippen molar-refractivity contribution >= 4 is 27.5 Å². The number of rotatable bonds is 3. The zero-order chi connectivity index (χ0) is 14.0. The third-order valence-corrected chi connectivity index (χ3v) is 3.49. The minimum absolute atomic E-state index is 0.00854. The van der Waals surface area contributed by atoms with Crippen LogP contribution in [0.15, 0.2) is 40.9 Å². The predicted molar refractivity (Wildman–Crippen MR) is 76.3 cm³/mol. The lowest BCUT2D eigenvalue weighted by Gasteiger charge is -2.11. The average Bonchev–Trinajstić information content (AvgIpc) is 2.37. The van der Waals surface area contributed by atoms with Gasteiger partial charge in [0.05, 0.1) is 15.6 Å². The van der Waals surface area contributed by atoms with Gasteiger partial charge in [0.2, 0.25) is 0 Å². The number of hydrogen-bond donors (Lipinski definition) is 1. The molecule has 0 fully saturated rings. The molecule has 1 atom stereocenters. The Balaban J connectivity index is 2.31. The van der Waals surface area contributed by atoms with E-state index in [1.54, 1.807) is 31.2 Å². The molecule has 0 unspecified atom stereocenters. The Bertz CT molecular complexity index is 602. The maximum atomic E-state index is 13.7. The van der Waals surface area contributed by atoms with E-state index in [0.717, 1.165) is 5.56 Å². The second-order valence-electron chi connectivity index (χ2n) is 4.02. The van der Waals surface area contributed by atoms with Crippen LogP contribution < -0.4 is 4.74 Å². The van der Waals surface area contributed by atoms with E-state index in [-0.39, 0.29) is 10.8 Å². The van der Waals surface area contributed by atoms with Gasteiger partial charge in [0.25, 0.3) is 0 Å². The van der Waals surface area contributed by atoms with Gasteiger partial charge in [-0.15, -0.1) is 0 Å². The molecule has 19 heavy (non-hydrogen) atoms. The van der Waals surface area contributed by atoms with Gasteiger partial charge in [0.1, 0.15) is 5.75 Å². The van der Waals surface area contributed by atoms with E-state index in [0.29, 0.717) is 10.2 Å². The molecule has 0 saturated carbocycles. The third kappa shape index (κ3) is 3.26. The molecule has 2 aromatic carbocycles. The predicted octanol–water partition coefficient (Wildman–Crippen LogP) is 5.09. The summed E-state index contributed by atoms with van der Waals surface area (Å²) < 4.78 is 19.8. The zero-order valence-corrected chi connectivity index (χ0v) is 12.4. The fourth-order valence-electron chi connectivity index (χ4n) is 1.54. The molecule has 2 rings (SSSR count). The van der Waals surface area contributed by atoms with Crippen LogP contribution in [0.1, 0.15) is 18.6 Å². The molecule has 1 N–H and O–H groups in total. The van der Waals surface area contributed by atoms with Crippen molar-refractivity contribution in [1.82, 2.24) is 0 Å². The summed E-state index contributed by atoms with van der Waals surface area (Å²) >= 11 is 9.01. The largest absolute Gasteiger partial charge is 0.453 e. The van der Waals surface area contributed by atoms with E-state index in [4.69, 9.17) is 16.3 Å². The molecule has 0 aliphatic carbocycles. The molecule has 0 bridgehead atoms. The SMILES string of the molecule is C[C@@H](O)c1ccc(Oc2cccc(Cl)c2F)c(Br)c1. The van der Waals surface area contributed by atoms with Gasteiger partial charge in [0.15, 0.2) is 11.6 Å². The maximum Gasteiger partial charge on any atom is 0.184 e. The van der Waals surface area contributed by atoms with Crippen molar-refractivity contribution < 1.29 is 14.2 Å². The van der Waals surface area contributed by atoms with E-state index >= 15 is 0 Å². The number of benzene rings is 2. The number of aliphatic hydroxyl groups is 1. The van der Waals surface area contributed by atoms with E-state index in [9.17, 15) is 9.50 Å². The summed E-state index contributed by atoms with van der Waals surface area (Å²) in [5.41, 5.74) is 0.741. The van der Waals surface area contributed by atoms with Crippen LogP contribution in [0.3, 0.4) is 0 Å². The summed E-state index contributed by atoms with van der Waals surface area (Å²) in [6.07, 6.45) is -0.576. The molecule has 0 spiro atoms. The Kier molecular flexibility index (Phi) is 4.45. The second kappa shape index (κ2) is 5.90. The quantitative estimate of drug-likeness (QED) is 0.840. The van der Waals surface area contributed by atoms with Crippen molar-refractivity contribution in [1.29, 1.82) is 0 Å². The van der Waals surface area contributed by atoms with Crippen LogP contribution in [0.2, 0.25) is 5.02 Å². The zero-order valence-electron chi connectivity index (χ0n) is 10.0. The average molecular weight is 346 g/mol. The first-order chi connectivity index (χ1) is 8.99. The van der Waals surface area contributed by atoms with Gasteiger partial charge < -0.3 is 9.84 Å². The fraction of sp³-hybridized carbons (Fsp3) is 0.143. The second-order valence-corrected chi connectivity index (χ2v) is 5.28. The van der Waals surface area contributed by atoms with Gasteiger partial charge in [-0.2, -0.15) is 0 Å². The van der Waals surface area contributed by atoms with Crippen LogP contribution >= 0.6 is 27.5 Å². The van der Waals surface area contributed by atoms with E-state index in [1.807, 2.05) is 0 Å². The summed E-state index contributed by atoms with van der Waals surface area (Å²) in [4.78, 5) is 0. The van der Waals surface area contributed by atoms with Crippen molar-refractivity contribution in [3.8, 4) is 11.5 Å². The Labute approximate surface area is 123 Å². The van der Waals surface area contributed by atoms with E-state index in [1.165, 1.54) is 12.1 Å². The summed E-state index contributed by atoms with van der Waals surface area (Å²) in [7, 11) is 0. The van der Waals surface area contributed by atoms with Crippen molar-refractivity contribution in [2.75, 3.05) is 0 Å². The van der Waals surface area contributed by atoms with Crippen molar-refractivity contribution in [3.05, 3.63) is 57.3 Å². The lowest BCUT2D eigenvalue weighted by atomic mass is 10.1. The van der Waals surface area contributed by atoms with Crippen LogP contribution in [0.5, 0.6) is 11.5 Å². The Hall–Kier alpha value is -1.10. The number of aliphatic hydroxyl groups excluding tert-OH is 1. The topological polar surface area (TPSA) is 29.5 Å². The molecule has 5 heteroatoms. The number of ether oxygens (including phenoxy) is 1. The monoisotopic (exact) mass is 344 g/mol. The molecule has 0 amide bonds. The van der Waals surface area contributed by atoms with Gasteiger partial charge in [-0.3, -0.25) is 0 Å². The number of halogens is 3. The molecule has 100 valence electrons. The van der Waals surface area contributed by atoms with Crippen molar-refractivity contribution in [3.63, 3.8) is 0 Å². The molecule has 2 nitrogen and oxygen atoms in total. The third-order valence-electron chi connectivity index (χ3n) is 2.57. The van der Waals surface area contributed by atoms with Crippen LogP contribution in [-0.4, -0.2) is 5.11 Å². The van der Waals surface area contributed by atoms with Crippen LogP contribution in [0.25, 0.3) is 0 Å². The van der Waals surface area contributed by atoms with Gasteiger partial charge in [-0.25, -0.2) is 4.39 Å². The highest BCUT2D eigenvalue weighted by Crippen LogP contribution is 2.34. The van der Waals surface area contributed by atoms with E-state index < -0.39 is 11.9 Å². The lowest BCUT2D eigenvalue weighted by molar-refractivity contribution is 0.199. The first-order valence-electron chi connectivity index (χ1n) is 5.58. The summed E-state index contributed by atoms with van der Waals surface area (Å²) in [6.45, 7) is 1.67. The molecule has 0 saturated heterocycles. The highest BCUT2D eigenvalue weighted by Gasteiger charge is 2.11. The minimum atomic E-state index is -0.601. The maximum absolute atomic E-state index is 13.7. The van der Waals surface area contributed by atoms with Crippen LogP contribution in [0, 0.1) is 5.82 Å². The van der Waals surface area contributed by atoms with Gasteiger partial charge >= 0.3 is 0 Å². The minimum Gasteiger partial charge on any atom is -0.453 e. The van der Waals surface area contributed by atoms with E-state index in [2.05, 4.69) is 15.9 Å². The molecular formula is C14H11BrClFO2. The smallest absolute Gasteiger partial charge is 0.184 e. The molecule has 0 aliphatic heterocycles. The molecule has 2 aromatic rings. The molecule has 0 radical (unpaired) electrons. The van der Waals surface area contributed by atoms with Gasteiger partial charge in [-0.05, 0) is 52.7 Å². The Morgan fingerprint density at radius 1 is 1.26 bits per heavy atom. The van der Waals surface area contributed by atoms with Gasteiger partial charge in [0, 0.05) is 0 Å². The van der Waals surface area contributed by atoms with Crippen LogP contribution in [-0.2, 0) is 0 Å². The summed E-state index contributed by atoms with van der Waals surface area (Å²) in [6, 6.07) is 9.66. The van der Waals surface area contributed by atoms with Crippen molar-refractivity contribution in [2.45, 2.75) is 13.0 Å². The lowest BCUT2D eigenvalue weighted by Crippen LogP contribution is -1.93. The first-order valence-corrected chi connectivity index (χ1v) is 6.75. The Morgan fingerprint density at radius 2 is 2.00 bits per heavy atom. The normalized spacial score (nSPS) is 12.3. The Morgan fingerprint density at radius 3 is 2.63 bits per heavy atom. The highest BCUT2D eigenvalue weighted by atomic mass is 79.9. The molecular weight excluding hydrogens is 335 g/mol. The fourth-order valence-corrected chi connectivity index (χ4v) is 2.18. The first kappa shape index (κ1) is 14.3. The molecule has 0 aromatic heterocycles. The number of hydrogen-bond acceptors (Lipinski definition) is 2. The van der Waals surface area contributed by atoms with Gasteiger partial charge in [-0.1, -0.05) is 23.7 Å². The summed E-state index contributed by atoms with van der Waals surface area (Å²) in [5.74, 6) is -0.0979. The molecule has 0 heterocycles. The van der Waals surface area contributed by atoms with Crippen LogP contribution in [0.4, 0.5) is 4.39 Å². The summed E-state index contributed by atoms with van der Waals surface area (Å²) in [5, 5.41) is 9.48. The molecule has 0 aliphatic rings.